The molecule has 0 aliphatic heterocycles. The number of carbonyl (C=O) groups is 1. The summed E-state index contributed by atoms with van der Waals surface area (Å²) in [5.41, 5.74) is 4.27. The van der Waals surface area contributed by atoms with Gasteiger partial charge < -0.3 is 10.1 Å². The monoisotopic (exact) mass is 474 g/mol. The number of hydrogen-bond donors (Lipinski definition) is 1. The number of carbonyl (C=O) groups excluding carboxylic acids is 1. The molecule has 0 radical (unpaired) electrons. The van der Waals surface area contributed by atoms with Crippen molar-refractivity contribution in [1.29, 1.82) is 0 Å². The molecule has 0 bridgehead atoms. The summed E-state index contributed by atoms with van der Waals surface area (Å²) in [7, 11) is 0. The summed E-state index contributed by atoms with van der Waals surface area (Å²) >= 11 is 7.78. The van der Waals surface area contributed by atoms with Gasteiger partial charge in [-0.2, -0.15) is 5.10 Å². The third-order valence-corrected chi connectivity index (χ3v) is 6.44. The van der Waals surface area contributed by atoms with Gasteiger partial charge >= 0.3 is 0 Å². The molecule has 2 aromatic heterocycles. The Balaban J connectivity index is 1.27. The second kappa shape index (κ2) is 9.05. The molecule has 5 aromatic rings. The molecule has 1 N–H and O–H groups in total. The topological polar surface area (TPSA) is 69.0 Å². The Hall–Kier alpha value is -3.68. The van der Waals surface area contributed by atoms with Gasteiger partial charge in [0.05, 0.1) is 15.2 Å². The van der Waals surface area contributed by atoms with Crippen LogP contribution >= 0.6 is 22.9 Å². The highest BCUT2D eigenvalue weighted by Gasteiger charge is 2.14. The molecule has 5 rings (SSSR count). The Morgan fingerprint density at radius 2 is 1.91 bits per heavy atom. The van der Waals surface area contributed by atoms with Crippen LogP contribution in [0.15, 0.2) is 79.0 Å². The summed E-state index contributed by atoms with van der Waals surface area (Å²) in [5, 5.41) is 8.54. The van der Waals surface area contributed by atoms with E-state index in [1.54, 1.807) is 35.7 Å². The van der Waals surface area contributed by atoms with Gasteiger partial charge in [0.2, 0.25) is 0 Å². The first kappa shape index (κ1) is 21.2. The second-order valence-corrected chi connectivity index (χ2v) is 8.88. The Morgan fingerprint density at radius 1 is 1.09 bits per heavy atom. The van der Waals surface area contributed by atoms with E-state index < -0.39 is 0 Å². The van der Waals surface area contributed by atoms with Crippen LogP contribution in [0.5, 0.6) is 5.75 Å². The van der Waals surface area contributed by atoms with Crippen molar-refractivity contribution in [1.82, 2.24) is 14.8 Å². The molecule has 0 spiro atoms. The van der Waals surface area contributed by atoms with E-state index in [1.165, 1.54) is 10.2 Å². The summed E-state index contributed by atoms with van der Waals surface area (Å²) in [4.78, 5) is 17.5. The first-order valence-corrected chi connectivity index (χ1v) is 11.4. The lowest BCUT2D eigenvalue weighted by Gasteiger charge is -2.11. The summed E-state index contributed by atoms with van der Waals surface area (Å²) in [6.45, 7) is 2.14. The molecule has 3 aromatic carbocycles. The number of amides is 1. The van der Waals surface area contributed by atoms with E-state index >= 15 is 0 Å². The van der Waals surface area contributed by atoms with Crippen LogP contribution in [0.3, 0.4) is 0 Å². The molecule has 164 valence electrons. The van der Waals surface area contributed by atoms with Crippen LogP contribution in [0.25, 0.3) is 20.8 Å². The number of rotatable bonds is 6. The molecule has 33 heavy (non-hydrogen) atoms. The van der Waals surface area contributed by atoms with E-state index in [0.717, 1.165) is 20.8 Å². The van der Waals surface area contributed by atoms with Crippen LogP contribution in [0, 0.1) is 6.92 Å². The Kier molecular flexibility index (Phi) is 5.81. The summed E-state index contributed by atoms with van der Waals surface area (Å²) in [6, 6.07) is 22.7. The van der Waals surface area contributed by atoms with Gasteiger partial charge in [0, 0.05) is 17.4 Å². The highest BCUT2D eigenvalue weighted by atomic mass is 35.5. The largest absolute Gasteiger partial charge is 0.470 e. The fourth-order valence-corrected chi connectivity index (χ4v) is 4.63. The van der Waals surface area contributed by atoms with Crippen LogP contribution in [0.1, 0.15) is 16.1 Å². The van der Waals surface area contributed by atoms with Crippen molar-refractivity contribution in [2.75, 3.05) is 5.32 Å². The number of anilines is 1. The van der Waals surface area contributed by atoms with Crippen LogP contribution in [-0.4, -0.2) is 20.7 Å². The Labute approximate surface area is 199 Å². The first-order valence-electron chi connectivity index (χ1n) is 10.2. The summed E-state index contributed by atoms with van der Waals surface area (Å²) < 4.78 is 8.35. The van der Waals surface area contributed by atoms with Gasteiger partial charge in [-0.1, -0.05) is 29.8 Å². The molecule has 6 nitrogen and oxygen atoms in total. The minimum Gasteiger partial charge on any atom is -0.470 e. The number of ether oxygens (including phenoxy) is 1. The van der Waals surface area contributed by atoms with Crippen molar-refractivity contribution in [3.05, 3.63) is 95.3 Å². The van der Waals surface area contributed by atoms with Crippen molar-refractivity contribution in [3.63, 3.8) is 0 Å². The molecule has 0 aliphatic rings. The SMILES string of the molecule is Cc1ccc2nc(-c3ccc(NC(=O)c4ccnn4COc4ccccc4Cl)cc3)sc2c1. The molecule has 1 amide bonds. The van der Waals surface area contributed by atoms with Crippen LogP contribution < -0.4 is 10.1 Å². The van der Waals surface area contributed by atoms with Crippen LogP contribution in [-0.2, 0) is 6.73 Å². The maximum atomic E-state index is 12.8. The molecule has 0 saturated heterocycles. The summed E-state index contributed by atoms with van der Waals surface area (Å²) in [6.07, 6.45) is 1.56. The minimum atomic E-state index is -0.279. The maximum Gasteiger partial charge on any atom is 0.274 e. The van der Waals surface area contributed by atoms with Crippen molar-refractivity contribution >= 4 is 44.7 Å². The average Bonchev–Trinajstić information content (AvgIpc) is 3.46. The van der Waals surface area contributed by atoms with Crippen molar-refractivity contribution < 1.29 is 9.53 Å². The van der Waals surface area contributed by atoms with Gasteiger partial charge in [-0.05, 0) is 67.1 Å². The quantitative estimate of drug-likeness (QED) is 0.308. The van der Waals surface area contributed by atoms with Gasteiger partial charge in [-0.3, -0.25) is 4.79 Å². The number of fused-ring (bicyclic) bond motifs is 1. The number of aryl methyl sites for hydroxylation is 1. The van der Waals surface area contributed by atoms with Gasteiger partial charge in [0.25, 0.3) is 5.91 Å². The van der Waals surface area contributed by atoms with Crippen molar-refractivity contribution in [2.45, 2.75) is 13.7 Å². The third-order valence-electron chi connectivity index (χ3n) is 5.06. The van der Waals surface area contributed by atoms with Gasteiger partial charge in [0.15, 0.2) is 6.73 Å². The predicted molar refractivity (Wildman–Crippen MR) is 132 cm³/mol. The number of hydrogen-bond acceptors (Lipinski definition) is 5. The van der Waals surface area contributed by atoms with Crippen molar-refractivity contribution in [3.8, 4) is 16.3 Å². The minimum absolute atomic E-state index is 0.0650. The number of nitrogens with one attached hydrogen (secondary N) is 1. The number of para-hydroxylation sites is 1. The predicted octanol–water partition coefficient (Wildman–Crippen LogP) is 6.41. The maximum absolute atomic E-state index is 12.8. The molecule has 0 aliphatic carbocycles. The molecule has 2 heterocycles. The number of aromatic nitrogens is 3. The fourth-order valence-electron chi connectivity index (χ4n) is 3.37. The molecular weight excluding hydrogens is 456 g/mol. The van der Waals surface area contributed by atoms with Gasteiger partial charge in [-0.25, -0.2) is 9.67 Å². The molecule has 0 saturated carbocycles. The second-order valence-electron chi connectivity index (χ2n) is 7.44. The normalized spacial score (nSPS) is 11.0. The molecule has 0 fully saturated rings. The standard InChI is InChI=1S/C25H19ClN4O2S/c1-16-6-11-20-23(14-16)33-25(29-20)17-7-9-18(10-8-17)28-24(31)21-12-13-27-30(21)15-32-22-5-3-2-4-19(22)26/h2-14H,15H2,1H3,(H,28,31). The number of benzene rings is 3. The molecule has 0 unspecified atom stereocenters. The lowest BCUT2D eigenvalue weighted by Crippen LogP contribution is -2.19. The lowest BCUT2D eigenvalue weighted by atomic mass is 10.2. The first-order chi connectivity index (χ1) is 16.1. The van der Waals surface area contributed by atoms with E-state index in [2.05, 4.69) is 29.5 Å². The zero-order valence-corrected chi connectivity index (χ0v) is 19.2. The van der Waals surface area contributed by atoms with Gasteiger partial charge in [0.1, 0.15) is 16.5 Å². The number of nitrogens with zero attached hydrogens (tertiary/aromatic N) is 3. The Bertz CT molecular complexity index is 1440. The van der Waals surface area contributed by atoms with E-state index in [0.29, 0.717) is 22.2 Å². The van der Waals surface area contributed by atoms with E-state index in [9.17, 15) is 4.79 Å². The molecule has 8 heteroatoms. The van der Waals surface area contributed by atoms with Crippen molar-refractivity contribution in [2.24, 2.45) is 0 Å². The van der Waals surface area contributed by atoms with Crippen LogP contribution in [0.4, 0.5) is 5.69 Å². The third kappa shape index (κ3) is 4.60. The highest BCUT2D eigenvalue weighted by Crippen LogP contribution is 2.31. The fraction of sp³-hybridized carbons (Fsp3) is 0.0800. The van der Waals surface area contributed by atoms with E-state index in [4.69, 9.17) is 21.3 Å². The average molecular weight is 475 g/mol. The summed E-state index contributed by atoms with van der Waals surface area (Å²) in [5.74, 6) is 0.250. The van der Waals surface area contributed by atoms with Gasteiger partial charge in [-0.15, -0.1) is 11.3 Å². The zero-order chi connectivity index (χ0) is 22.8. The highest BCUT2D eigenvalue weighted by molar-refractivity contribution is 7.21. The lowest BCUT2D eigenvalue weighted by molar-refractivity contribution is 0.100. The molecular formula is C25H19ClN4O2S. The van der Waals surface area contributed by atoms with E-state index in [1.807, 2.05) is 42.5 Å². The van der Waals surface area contributed by atoms with Crippen LogP contribution in [0.2, 0.25) is 5.02 Å². The van der Waals surface area contributed by atoms with E-state index in [-0.39, 0.29) is 12.6 Å². The Morgan fingerprint density at radius 3 is 2.73 bits per heavy atom. The molecule has 0 atom stereocenters. The number of thiazole rings is 1. The number of halogens is 1. The zero-order valence-electron chi connectivity index (χ0n) is 17.7. The smallest absolute Gasteiger partial charge is 0.274 e.